The molecule has 0 atom stereocenters. The summed E-state index contributed by atoms with van der Waals surface area (Å²) in [5.41, 5.74) is 0.0384. The van der Waals surface area contributed by atoms with Gasteiger partial charge in [0, 0.05) is 26.1 Å². The Morgan fingerprint density at radius 3 is 2.47 bits per heavy atom. The van der Waals surface area contributed by atoms with Gasteiger partial charge in [-0.2, -0.15) is 10.4 Å². The Morgan fingerprint density at radius 1 is 1.20 bits per heavy atom. The Hall–Kier alpha value is -3.54. The molecule has 0 saturated heterocycles. The van der Waals surface area contributed by atoms with Crippen LogP contribution in [0.2, 0.25) is 0 Å². The Balaban J connectivity index is 2.04. The summed E-state index contributed by atoms with van der Waals surface area (Å²) in [6, 6.07) is 8.48. The van der Waals surface area contributed by atoms with Crippen LogP contribution in [0.1, 0.15) is 41.4 Å². The SMILES string of the molecule is CCc1ccc(Cc2nn(C)c(=O)n2C)c(F)c1Oc1cc(C#N)cc(C(F)F)c1. The van der Waals surface area contributed by atoms with Crippen molar-refractivity contribution in [3.63, 3.8) is 0 Å². The van der Waals surface area contributed by atoms with E-state index in [2.05, 4.69) is 5.10 Å². The van der Waals surface area contributed by atoms with Crippen molar-refractivity contribution in [2.45, 2.75) is 26.2 Å². The number of alkyl halides is 2. The largest absolute Gasteiger partial charge is 0.454 e. The van der Waals surface area contributed by atoms with Crippen molar-refractivity contribution in [1.82, 2.24) is 14.3 Å². The minimum atomic E-state index is -2.80. The van der Waals surface area contributed by atoms with Gasteiger partial charge >= 0.3 is 5.69 Å². The van der Waals surface area contributed by atoms with Crippen LogP contribution in [0.25, 0.3) is 0 Å². The molecule has 6 nitrogen and oxygen atoms in total. The summed E-state index contributed by atoms with van der Waals surface area (Å²) in [4.78, 5) is 11.9. The van der Waals surface area contributed by atoms with Gasteiger partial charge in [-0.15, -0.1) is 0 Å². The first-order valence-corrected chi connectivity index (χ1v) is 9.15. The molecule has 0 fully saturated rings. The van der Waals surface area contributed by atoms with E-state index in [1.165, 1.54) is 17.7 Å². The maximum Gasteiger partial charge on any atom is 0.345 e. The fourth-order valence-corrected chi connectivity index (χ4v) is 3.09. The van der Waals surface area contributed by atoms with E-state index in [-0.39, 0.29) is 40.3 Å². The molecule has 0 radical (unpaired) electrons. The number of nitriles is 1. The van der Waals surface area contributed by atoms with Gasteiger partial charge in [-0.05, 0) is 35.7 Å². The van der Waals surface area contributed by atoms with E-state index in [0.717, 1.165) is 16.8 Å². The predicted molar refractivity (Wildman–Crippen MR) is 103 cm³/mol. The zero-order valence-corrected chi connectivity index (χ0v) is 16.6. The number of hydrogen-bond donors (Lipinski definition) is 0. The van der Waals surface area contributed by atoms with Crippen LogP contribution in [0.3, 0.4) is 0 Å². The molecule has 0 unspecified atom stereocenters. The van der Waals surface area contributed by atoms with Crippen molar-refractivity contribution in [3.8, 4) is 17.6 Å². The topological polar surface area (TPSA) is 72.8 Å². The highest BCUT2D eigenvalue weighted by Crippen LogP contribution is 2.34. The van der Waals surface area contributed by atoms with Crippen LogP contribution < -0.4 is 10.4 Å². The molecular weight excluding hydrogens is 397 g/mol. The Labute approximate surface area is 170 Å². The fraction of sp³-hybridized carbons (Fsp3) is 0.286. The lowest BCUT2D eigenvalue weighted by Gasteiger charge is -2.15. The van der Waals surface area contributed by atoms with Crippen LogP contribution in [-0.4, -0.2) is 14.3 Å². The highest BCUT2D eigenvalue weighted by atomic mass is 19.3. The van der Waals surface area contributed by atoms with Gasteiger partial charge in [0.15, 0.2) is 11.6 Å². The first kappa shape index (κ1) is 21.2. The minimum Gasteiger partial charge on any atom is -0.454 e. The molecule has 0 saturated carbocycles. The van der Waals surface area contributed by atoms with E-state index in [4.69, 9.17) is 10.00 Å². The van der Waals surface area contributed by atoms with Crippen LogP contribution in [0, 0.1) is 17.1 Å². The predicted octanol–water partition coefficient (Wildman–Crippen LogP) is 4.01. The number of benzene rings is 2. The van der Waals surface area contributed by atoms with Crippen LogP contribution >= 0.6 is 0 Å². The van der Waals surface area contributed by atoms with E-state index in [1.54, 1.807) is 32.2 Å². The van der Waals surface area contributed by atoms with Crippen LogP contribution in [0.4, 0.5) is 13.2 Å². The van der Waals surface area contributed by atoms with Gasteiger partial charge in [0.2, 0.25) is 0 Å². The zero-order valence-electron chi connectivity index (χ0n) is 16.6. The third-order valence-electron chi connectivity index (χ3n) is 4.73. The van der Waals surface area contributed by atoms with Gasteiger partial charge in [0.25, 0.3) is 6.43 Å². The van der Waals surface area contributed by atoms with Gasteiger partial charge in [0.05, 0.1) is 11.6 Å². The first-order valence-electron chi connectivity index (χ1n) is 9.15. The number of ether oxygens (including phenoxy) is 1. The number of aryl methyl sites for hydroxylation is 2. The second-order valence-electron chi connectivity index (χ2n) is 6.74. The molecule has 3 aromatic rings. The maximum atomic E-state index is 15.3. The lowest BCUT2D eigenvalue weighted by Crippen LogP contribution is -2.20. The lowest BCUT2D eigenvalue weighted by molar-refractivity contribution is 0.151. The summed E-state index contributed by atoms with van der Waals surface area (Å²) in [7, 11) is 3.04. The molecule has 0 aliphatic carbocycles. The third-order valence-corrected chi connectivity index (χ3v) is 4.73. The third kappa shape index (κ3) is 4.08. The van der Waals surface area contributed by atoms with Crippen molar-refractivity contribution < 1.29 is 17.9 Å². The summed E-state index contributed by atoms with van der Waals surface area (Å²) in [5.74, 6) is -0.469. The molecule has 9 heteroatoms. The molecule has 0 bridgehead atoms. The second kappa shape index (κ2) is 8.45. The van der Waals surface area contributed by atoms with Gasteiger partial charge < -0.3 is 4.74 Å². The summed E-state index contributed by atoms with van der Waals surface area (Å²) in [6.45, 7) is 1.81. The molecule has 0 aliphatic rings. The molecule has 156 valence electrons. The van der Waals surface area contributed by atoms with E-state index in [1.807, 2.05) is 0 Å². The average molecular weight is 416 g/mol. The van der Waals surface area contributed by atoms with E-state index < -0.39 is 12.2 Å². The maximum absolute atomic E-state index is 15.3. The fourth-order valence-electron chi connectivity index (χ4n) is 3.09. The van der Waals surface area contributed by atoms with Crippen LogP contribution in [0.15, 0.2) is 35.1 Å². The highest BCUT2D eigenvalue weighted by molar-refractivity contribution is 5.47. The average Bonchev–Trinajstić information content (AvgIpc) is 2.97. The summed E-state index contributed by atoms with van der Waals surface area (Å²) in [5, 5.41) is 13.2. The molecule has 0 N–H and O–H groups in total. The number of hydrogen-bond acceptors (Lipinski definition) is 4. The highest BCUT2D eigenvalue weighted by Gasteiger charge is 2.19. The summed E-state index contributed by atoms with van der Waals surface area (Å²) in [6.07, 6.45) is -2.32. The second-order valence-corrected chi connectivity index (χ2v) is 6.74. The Kier molecular flexibility index (Phi) is 5.96. The standard InChI is InChI=1S/C21H19F3N4O2/c1-4-13-5-6-14(10-17-26-28(3)21(29)27(17)2)18(22)19(13)30-16-8-12(11-25)7-15(9-16)20(23)24/h5-9,20H,4,10H2,1-3H3. The molecule has 30 heavy (non-hydrogen) atoms. The first-order chi connectivity index (χ1) is 14.2. The van der Waals surface area contributed by atoms with Gasteiger partial charge in [-0.25, -0.2) is 22.6 Å². The lowest BCUT2D eigenvalue weighted by atomic mass is 10.0. The molecular formula is C21H19F3N4O2. The summed E-state index contributed by atoms with van der Waals surface area (Å²) < 4.78 is 49.7. The van der Waals surface area contributed by atoms with Gasteiger partial charge in [-0.3, -0.25) is 4.57 Å². The van der Waals surface area contributed by atoms with Gasteiger partial charge in [0.1, 0.15) is 11.6 Å². The molecule has 0 aliphatic heterocycles. The molecule has 1 heterocycles. The smallest absolute Gasteiger partial charge is 0.345 e. The minimum absolute atomic E-state index is 0.0131. The van der Waals surface area contributed by atoms with E-state index in [9.17, 15) is 13.6 Å². The quantitative estimate of drug-likeness (QED) is 0.609. The van der Waals surface area contributed by atoms with Crippen molar-refractivity contribution in [3.05, 3.63) is 74.7 Å². The number of aromatic nitrogens is 3. The number of nitrogens with zero attached hydrogens (tertiary/aromatic N) is 4. The molecule has 3 rings (SSSR count). The van der Waals surface area contributed by atoms with E-state index >= 15 is 4.39 Å². The van der Waals surface area contributed by atoms with Crippen LogP contribution in [0.5, 0.6) is 11.5 Å². The molecule has 0 spiro atoms. The van der Waals surface area contributed by atoms with Crippen molar-refractivity contribution in [1.29, 1.82) is 5.26 Å². The van der Waals surface area contributed by atoms with Gasteiger partial charge in [-0.1, -0.05) is 19.1 Å². The van der Waals surface area contributed by atoms with Crippen LogP contribution in [-0.2, 0) is 26.9 Å². The normalized spacial score (nSPS) is 11.0. The molecule has 1 aromatic heterocycles. The number of rotatable bonds is 6. The monoisotopic (exact) mass is 416 g/mol. The molecule has 0 amide bonds. The van der Waals surface area contributed by atoms with Crippen molar-refractivity contribution in [2.24, 2.45) is 14.1 Å². The zero-order chi connectivity index (χ0) is 22.0. The Morgan fingerprint density at radius 2 is 1.90 bits per heavy atom. The number of halogens is 3. The molecule has 2 aromatic carbocycles. The van der Waals surface area contributed by atoms with Crippen molar-refractivity contribution >= 4 is 0 Å². The van der Waals surface area contributed by atoms with E-state index in [0.29, 0.717) is 17.8 Å². The summed E-state index contributed by atoms with van der Waals surface area (Å²) >= 11 is 0. The Bertz CT molecular complexity index is 1190. The van der Waals surface area contributed by atoms with Crippen molar-refractivity contribution in [2.75, 3.05) is 0 Å².